The van der Waals surface area contributed by atoms with E-state index in [1.807, 2.05) is 26.1 Å². The van der Waals surface area contributed by atoms with E-state index in [9.17, 15) is 4.79 Å². The minimum Gasteiger partial charge on any atom is -0.496 e. The summed E-state index contributed by atoms with van der Waals surface area (Å²) in [5.41, 5.74) is 0.952. The van der Waals surface area contributed by atoms with Crippen molar-refractivity contribution < 1.29 is 19.0 Å². The zero-order chi connectivity index (χ0) is 20.5. The molecule has 2 N–H and O–H groups in total. The third-order valence-corrected chi connectivity index (χ3v) is 4.76. The van der Waals surface area contributed by atoms with E-state index < -0.39 is 0 Å². The Kier molecular flexibility index (Phi) is 8.22. The van der Waals surface area contributed by atoms with Gasteiger partial charge in [-0.05, 0) is 19.8 Å². The lowest BCUT2D eigenvalue weighted by Gasteiger charge is -2.31. The van der Waals surface area contributed by atoms with Crippen LogP contribution in [0.25, 0.3) is 0 Å². The molecule has 156 valence electrons. The highest BCUT2D eigenvalue weighted by Gasteiger charge is 2.23. The van der Waals surface area contributed by atoms with Gasteiger partial charge in [-0.2, -0.15) is 0 Å². The zero-order valence-electron chi connectivity index (χ0n) is 17.5. The SMILES string of the molecule is CCNC(=NCCc1c(OC)cc(OC)cc1OC)NC1CCC(=O)N(C)C1. The molecule has 1 amide bonds. The van der Waals surface area contributed by atoms with E-state index in [2.05, 4.69) is 15.6 Å². The number of rotatable bonds is 8. The maximum absolute atomic E-state index is 11.7. The fraction of sp³-hybridized carbons (Fsp3) is 0.600. The number of nitrogens with one attached hydrogen (secondary N) is 2. The summed E-state index contributed by atoms with van der Waals surface area (Å²) >= 11 is 0. The number of methoxy groups -OCH3 is 3. The number of aliphatic imine (C=N–C) groups is 1. The molecule has 0 radical (unpaired) electrons. The summed E-state index contributed by atoms with van der Waals surface area (Å²) < 4.78 is 16.3. The lowest BCUT2D eigenvalue weighted by molar-refractivity contribution is -0.132. The highest BCUT2D eigenvalue weighted by Crippen LogP contribution is 2.34. The Hall–Kier alpha value is -2.64. The van der Waals surface area contributed by atoms with Gasteiger partial charge >= 0.3 is 0 Å². The number of guanidine groups is 1. The van der Waals surface area contributed by atoms with Gasteiger partial charge in [-0.15, -0.1) is 0 Å². The molecule has 8 nitrogen and oxygen atoms in total. The Labute approximate surface area is 167 Å². The van der Waals surface area contributed by atoms with Gasteiger partial charge in [0.2, 0.25) is 5.91 Å². The molecule has 0 aromatic heterocycles. The Balaban J connectivity index is 2.06. The van der Waals surface area contributed by atoms with Crippen LogP contribution >= 0.6 is 0 Å². The second-order valence-electron chi connectivity index (χ2n) is 6.68. The maximum atomic E-state index is 11.7. The number of likely N-dealkylation sites (tertiary alicyclic amines) is 1. The van der Waals surface area contributed by atoms with Crippen molar-refractivity contribution in [2.24, 2.45) is 4.99 Å². The highest BCUT2D eigenvalue weighted by atomic mass is 16.5. The van der Waals surface area contributed by atoms with Crippen molar-refractivity contribution in [1.29, 1.82) is 0 Å². The van der Waals surface area contributed by atoms with Gasteiger partial charge in [-0.3, -0.25) is 9.79 Å². The van der Waals surface area contributed by atoms with Crippen molar-refractivity contribution >= 4 is 11.9 Å². The number of carbonyl (C=O) groups excluding carboxylic acids is 1. The lowest BCUT2D eigenvalue weighted by atomic mass is 10.1. The summed E-state index contributed by atoms with van der Waals surface area (Å²) in [6.45, 7) is 4.05. The minimum atomic E-state index is 0.193. The van der Waals surface area contributed by atoms with E-state index in [1.54, 1.807) is 26.2 Å². The molecule has 1 fully saturated rings. The molecular weight excluding hydrogens is 360 g/mol. The summed E-state index contributed by atoms with van der Waals surface area (Å²) in [6, 6.07) is 3.89. The van der Waals surface area contributed by atoms with E-state index in [1.165, 1.54) is 0 Å². The molecule has 1 aliphatic heterocycles. The molecule has 2 rings (SSSR count). The van der Waals surface area contributed by atoms with Crippen molar-refractivity contribution in [1.82, 2.24) is 15.5 Å². The third-order valence-electron chi connectivity index (χ3n) is 4.76. The van der Waals surface area contributed by atoms with Gasteiger partial charge in [-0.25, -0.2) is 0 Å². The molecule has 1 atom stereocenters. The highest BCUT2D eigenvalue weighted by molar-refractivity contribution is 5.81. The van der Waals surface area contributed by atoms with Crippen LogP contribution in [0.1, 0.15) is 25.3 Å². The summed E-state index contributed by atoms with van der Waals surface area (Å²) in [7, 11) is 6.71. The maximum Gasteiger partial charge on any atom is 0.222 e. The summed E-state index contributed by atoms with van der Waals surface area (Å²) in [4.78, 5) is 18.1. The molecule has 28 heavy (non-hydrogen) atoms. The first kappa shape index (κ1) is 21.7. The molecule has 0 spiro atoms. The Morgan fingerprint density at radius 3 is 2.43 bits per heavy atom. The van der Waals surface area contributed by atoms with Gasteiger partial charge in [0.05, 0.1) is 21.3 Å². The Bertz CT molecular complexity index is 668. The zero-order valence-corrected chi connectivity index (χ0v) is 17.5. The molecule has 1 aromatic rings. The normalized spacial score (nSPS) is 17.3. The van der Waals surface area contributed by atoms with E-state index in [0.717, 1.165) is 36.0 Å². The number of nitrogens with zero attached hydrogens (tertiary/aromatic N) is 2. The average Bonchev–Trinajstić information content (AvgIpc) is 2.70. The van der Waals surface area contributed by atoms with Crippen LogP contribution in [0.3, 0.4) is 0 Å². The van der Waals surface area contributed by atoms with Gasteiger partial charge in [0.15, 0.2) is 5.96 Å². The van der Waals surface area contributed by atoms with Crippen LogP contribution in [-0.4, -0.2) is 70.8 Å². The molecule has 1 aromatic carbocycles. The first-order valence-corrected chi connectivity index (χ1v) is 9.60. The summed E-state index contributed by atoms with van der Waals surface area (Å²) in [5, 5.41) is 6.70. The number of piperidine rings is 1. The lowest BCUT2D eigenvalue weighted by Crippen LogP contribution is -2.51. The van der Waals surface area contributed by atoms with Gasteiger partial charge in [-0.1, -0.05) is 0 Å². The average molecular weight is 393 g/mol. The standard InChI is InChI=1S/C20H32N4O4/c1-6-21-20(23-14-7-8-19(25)24(2)13-14)22-10-9-16-17(27-4)11-15(26-3)12-18(16)28-5/h11-12,14H,6-10,13H2,1-5H3,(H2,21,22,23). The van der Waals surface area contributed by atoms with Crippen LogP contribution in [0.15, 0.2) is 17.1 Å². The molecular formula is C20H32N4O4. The van der Waals surface area contributed by atoms with E-state index >= 15 is 0 Å². The molecule has 1 heterocycles. The first-order chi connectivity index (χ1) is 13.5. The Morgan fingerprint density at radius 2 is 1.89 bits per heavy atom. The number of benzene rings is 1. The molecule has 1 saturated heterocycles. The minimum absolute atomic E-state index is 0.193. The van der Waals surface area contributed by atoms with Crippen molar-refractivity contribution in [3.8, 4) is 17.2 Å². The van der Waals surface area contributed by atoms with Crippen LogP contribution in [-0.2, 0) is 11.2 Å². The van der Waals surface area contributed by atoms with E-state index in [0.29, 0.717) is 31.7 Å². The number of likely N-dealkylation sites (N-methyl/N-ethyl adjacent to an activating group) is 1. The smallest absolute Gasteiger partial charge is 0.222 e. The topological polar surface area (TPSA) is 84.4 Å². The number of carbonyl (C=O) groups is 1. The monoisotopic (exact) mass is 392 g/mol. The Morgan fingerprint density at radius 1 is 1.21 bits per heavy atom. The number of amides is 1. The summed E-state index contributed by atoms with van der Waals surface area (Å²) in [5.74, 6) is 3.07. The van der Waals surface area contributed by atoms with Crippen molar-refractivity contribution in [2.75, 3.05) is 48.0 Å². The third kappa shape index (κ3) is 5.68. The van der Waals surface area contributed by atoms with Crippen LogP contribution in [0.2, 0.25) is 0 Å². The van der Waals surface area contributed by atoms with Crippen molar-refractivity contribution in [3.05, 3.63) is 17.7 Å². The van der Waals surface area contributed by atoms with E-state index in [-0.39, 0.29) is 11.9 Å². The molecule has 1 aliphatic rings. The predicted octanol–water partition coefficient (Wildman–Crippen LogP) is 1.43. The van der Waals surface area contributed by atoms with E-state index in [4.69, 9.17) is 14.2 Å². The number of hydrogen-bond donors (Lipinski definition) is 2. The fourth-order valence-electron chi connectivity index (χ4n) is 3.25. The quantitative estimate of drug-likeness (QED) is 0.514. The van der Waals surface area contributed by atoms with Crippen LogP contribution < -0.4 is 24.8 Å². The van der Waals surface area contributed by atoms with Gasteiger partial charge in [0, 0.05) is 56.8 Å². The molecule has 8 heteroatoms. The van der Waals surface area contributed by atoms with Crippen LogP contribution in [0.4, 0.5) is 0 Å². The molecule has 0 bridgehead atoms. The predicted molar refractivity (Wildman–Crippen MR) is 110 cm³/mol. The first-order valence-electron chi connectivity index (χ1n) is 9.60. The van der Waals surface area contributed by atoms with Crippen molar-refractivity contribution in [3.63, 3.8) is 0 Å². The van der Waals surface area contributed by atoms with Gasteiger partial charge < -0.3 is 29.7 Å². The molecule has 1 unspecified atom stereocenters. The second-order valence-corrected chi connectivity index (χ2v) is 6.68. The van der Waals surface area contributed by atoms with Crippen molar-refractivity contribution in [2.45, 2.75) is 32.2 Å². The van der Waals surface area contributed by atoms with Crippen LogP contribution in [0, 0.1) is 0 Å². The van der Waals surface area contributed by atoms with Gasteiger partial charge in [0.1, 0.15) is 17.2 Å². The molecule has 0 aliphatic carbocycles. The summed E-state index contributed by atoms with van der Waals surface area (Å²) in [6.07, 6.45) is 2.04. The fourth-order valence-corrected chi connectivity index (χ4v) is 3.25. The number of hydrogen-bond acceptors (Lipinski definition) is 5. The number of ether oxygens (including phenoxy) is 3. The second kappa shape index (κ2) is 10.6. The largest absolute Gasteiger partial charge is 0.496 e. The molecule has 0 saturated carbocycles. The van der Waals surface area contributed by atoms with Gasteiger partial charge in [0.25, 0.3) is 0 Å². The van der Waals surface area contributed by atoms with Crippen LogP contribution in [0.5, 0.6) is 17.2 Å².